The van der Waals surface area contributed by atoms with E-state index >= 15 is 0 Å². The van der Waals surface area contributed by atoms with Gasteiger partial charge in [-0.05, 0) is 55.0 Å². The molecule has 0 unspecified atom stereocenters. The molecule has 0 saturated carbocycles. The van der Waals surface area contributed by atoms with Gasteiger partial charge >= 0.3 is 0 Å². The third-order valence-corrected chi connectivity index (χ3v) is 6.36. The summed E-state index contributed by atoms with van der Waals surface area (Å²) in [6, 6.07) is 19.5. The van der Waals surface area contributed by atoms with Crippen LogP contribution in [0.4, 0.5) is 0 Å². The van der Waals surface area contributed by atoms with E-state index in [9.17, 15) is 18.0 Å². The highest BCUT2D eigenvalue weighted by Crippen LogP contribution is 2.19. The van der Waals surface area contributed by atoms with E-state index in [2.05, 4.69) is 0 Å². The van der Waals surface area contributed by atoms with Gasteiger partial charge in [-0.15, -0.1) is 0 Å². The Hall–Kier alpha value is -3.16. The van der Waals surface area contributed by atoms with Crippen molar-refractivity contribution >= 4 is 33.1 Å². The van der Waals surface area contributed by atoms with Crippen molar-refractivity contribution in [1.82, 2.24) is 4.90 Å². The zero-order valence-electron chi connectivity index (χ0n) is 18.3. The summed E-state index contributed by atoms with van der Waals surface area (Å²) in [6.07, 6.45) is 1.67. The topological polar surface area (TPSA) is 80.8 Å². The second-order valence-electron chi connectivity index (χ2n) is 7.56. The quantitative estimate of drug-likeness (QED) is 0.329. The van der Waals surface area contributed by atoms with Gasteiger partial charge in [0.15, 0.2) is 15.6 Å². The van der Waals surface area contributed by atoms with Gasteiger partial charge < -0.3 is 9.64 Å². The summed E-state index contributed by atoms with van der Waals surface area (Å²) >= 11 is 5.90. The lowest BCUT2D eigenvalue weighted by molar-refractivity contribution is 0.0783. The number of hydrogen-bond acceptors (Lipinski definition) is 5. The Morgan fingerprint density at radius 3 is 2.27 bits per heavy atom. The van der Waals surface area contributed by atoms with Crippen LogP contribution in [-0.2, 0) is 9.84 Å². The highest BCUT2D eigenvalue weighted by Gasteiger charge is 2.20. The Bertz CT molecular complexity index is 1260. The molecule has 0 bridgehead atoms. The van der Waals surface area contributed by atoms with Crippen molar-refractivity contribution in [2.45, 2.75) is 11.3 Å². The van der Waals surface area contributed by atoms with Crippen LogP contribution in [0.3, 0.4) is 0 Å². The number of amides is 1. The molecular formula is C25H24ClNO5S. The SMILES string of the molecule is CN(CCCOc1cccc(S(C)(=O)=O)c1)C(=O)c1ccccc1C(=O)c1ccc(Cl)cc1. The third kappa shape index (κ3) is 6.43. The maximum absolute atomic E-state index is 13.0. The second-order valence-corrected chi connectivity index (χ2v) is 10.0. The number of benzene rings is 3. The number of hydrogen-bond donors (Lipinski definition) is 0. The molecule has 33 heavy (non-hydrogen) atoms. The maximum atomic E-state index is 13.0. The molecule has 3 rings (SSSR count). The maximum Gasteiger partial charge on any atom is 0.254 e. The van der Waals surface area contributed by atoms with Crippen molar-refractivity contribution in [3.63, 3.8) is 0 Å². The monoisotopic (exact) mass is 485 g/mol. The first-order chi connectivity index (χ1) is 15.7. The number of halogens is 1. The van der Waals surface area contributed by atoms with E-state index in [1.807, 2.05) is 0 Å². The summed E-state index contributed by atoms with van der Waals surface area (Å²) in [5.74, 6) is -0.0732. The Kier molecular flexibility index (Phi) is 7.89. The summed E-state index contributed by atoms with van der Waals surface area (Å²) in [5.41, 5.74) is 1.10. The first-order valence-corrected chi connectivity index (χ1v) is 12.5. The van der Waals surface area contributed by atoms with Crippen molar-refractivity contribution in [1.29, 1.82) is 0 Å². The molecule has 0 fully saturated rings. The summed E-state index contributed by atoms with van der Waals surface area (Å²) < 4.78 is 29.0. The summed E-state index contributed by atoms with van der Waals surface area (Å²) in [4.78, 5) is 27.7. The van der Waals surface area contributed by atoms with Crippen LogP contribution in [0.1, 0.15) is 32.7 Å². The van der Waals surface area contributed by atoms with Crippen molar-refractivity contribution in [2.75, 3.05) is 26.5 Å². The van der Waals surface area contributed by atoms with Crippen LogP contribution in [0.25, 0.3) is 0 Å². The highest BCUT2D eigenvalue weighted by atomic mass is 35.5. The molecule has 0 aliphatic heterocycles. The number of ether oxygens (including phenoxy) is 1. The van der Waals surface area contributed by atoms with E-state index in [0.717, 1.165) is 6.26 Å². The standard InChI is InChI=1S/C25H24ClNO5S/c1-27(15-6-16-32-20-7-5-8-21(17-20)33(2,30)31)25(29)23-10-4-3-9-22(23)24(28)18-11-13-19(26)14-12-18/h3-5,7-14,17H,6,15-16H2,1-2H3. The molecule has 0 aliphatic carbocycles. The highest BCUT2D eigenvalue weighted by molar-refractivity contribution is 7.90. The fraction of sp³-hybridized carbons (Fsp3) is 0.200. The number of ketones is 1. The molecule has 0 aliphatic rings. The van der Waals surface area contributed by atoms with Gasteiger partial charge in [-0.2, -0.15) is 0 Å². The molecule has 172 valence electrons. The van der Waals surface area contributed by atoms with Gasteiger partial charge in [-0.1, -0.05) is 35.9 Å². The van der Waals surface area contributed by atoms with Crippen LogP contribution >= 0.6 is 11.6 Å². The first kappa shape index (κ1) is 24.5. The number of nitrogens with zero attached hydrogens (tertiary/aromatic N) is 1. The van der Waals surface area contributed by atoms with Crippen LogP contribution in [0.5, 0.6) is 5.75 Å². The summed E-state index contributed by atoms with van der Waals surface area (Å²) in [6.45, 7) is 0.699. The normalized spacial score (nSPS) is 11.1. The predicted molar refractivity (Wildman–Crippen MR) is 128 cm³/mol. The minimum Gasteiger partial charge on any atom is -0.493 e. The van der Waals surface area contributed by atoms with Crippen LogP contribution in [-0.4, -0.2) is 51.5 Å². The number of rotatable bonds is 9. The third-order valence-electron chi connectivity index (χ3n) is 5.00. The zero-order valence-corrected chi connectivity index (χ0v) is 19.9. The number of carbonyl (C=O) groups is 2. The fourth-order valence-corrected chi connectivity index (χ4v) is 4.00. The predicted octanol–water partition coefficient (Wildman–Crippen LogP) is 4.52. The lowest BCUT2D eigenvalue weighted by Gasteiger charge is -2.19. The van der Waals surface area contributed by atoms with E-state index < -0.39 is 9.84 Å². The van der Waals surface area contributed by atoms with Gasteiger partial charge in [0.1, 0.15) is 5.75 Å². The number of sulfone groups is 1. The lowest BCUT2D eigenvalue weighted by Crippen LogP contribution is -2.30. The van der Waals surface area contributed by atoms with E-state index in [1.54, 1.807) is 67.7 Å². The molecule has 0 atom stereocenters. The Labute approximate surface area is 198 Å². The molecule has 0 heterocycles. The van der Waals surface area contributed by atoms with E-state index in [0.29, 0.717) is 47.0 Å². The minimum atomic E-state index is -3.31. The second kappa shape index (κ2) is 10.6. The zero-order chi connectivity index (χ0) is 24.0. The molecule has 0 N–H and O–H groups in total. The van der Waals surface area contributed by atoms with E-state index in [1.165, 1.54) is 17.0 Å². The van der Waals surface area contributed by atoms with Crippen LogP contribution < -0.4 is 4.74 Å². The van der Waals surface area contributed by atoms with Crippen LogP contribution in [0.15, 0.2) is 77.7 Å². The van der Waals surface area contributed by atoms with Crippen molar-refractivity contribution in [2.24, 2.45) is 0 Å². The average Bonchev–Trinajstić information content (AvgIpc) is 2.81. The average molecular weight is 486 g/mol. The van der Waals surface area contributed by atoms with E-state index in [-0.39, 0.29) is 16.6 Å². The summed E-state index contributed by atoms with van der Waals surface area (Å²) in [5, 5.41) is 0.529. The molecule has 6 nitrogen and oxygen atoms in total. The lowest BCUT2D eigenvalue weighted by atomic mass is 9.97. The van der Waals surface area contributed by atoms with Gasteiger partial charge in [0.25, 0.3) is 5.91 Å². The Balaban J connectivity index is 1.62. The molecule has 8 heteroatoms. The van der Waals surface area contributed by atoms with E-state index in [4.69, 9.17) is 16.3 Å². The smallest absolute Gasteiger partial charge is 0.254 e. The first-order valence-electron chi connectivity index (χ1n) is 10.2. The molecule has 1 amide bonds. The molecule has 0 saturated heterocycles. The Morgan fingerprint density at radius 1 is 0.939 bits per heavy atom. The van der Waals surface area contributed by atoms with Crippen LogP contribution in [0.2, 0.25) is 5.02 Å². The van der Waals surface area contributed by atoms with Crippen molar-refractivity contribution in [3.8, 4) is 5.75 Å². The minimum absolute atomic E-state index is 0.189. The van der Waals surface area contributed by atoms with Gasteiger partial charge in [0, 0.05) is 36.0 Å². The van der Waals surface area contributed by atoms with Crippen molar-refractivity contribution < 1.29 is 22.7 Å². The van der Waals surface area contributed by atoms with Gasteiger partial charge in [0.2, 0.25) is 0 Å². The summed E-state index contributed by atoms with van der Waals surface area (Å²) in [7, 11) is -1.65. The molecule has 0 radical (unpaired) electrons. The fourth-order valence-electron chi connectivity index (χ4n) is 3.22. The molecule has 0 spiro atoms. The van der Waals surface area contributed by atoms with Gasteiger partial charge in [-0.25, -0.2) is 8.42 Å². The largest absolute Gasteiger partial charge is 0.493 e. The molecule has 3 aromatic rings. The van der Waals surface area contributed by atoms with Gasteiger partial charge in [0.05, 0.1) is 17.1 Å². The van der Waals surface area contributed by atoms with Gasteiger partial charge in [-0.3, -0.25) is 9.59 Å². The molecule has 3 aromatic carbocycles. The van der Waals surface area contributed by atoms with Crippen molar-refractivity contribution in [3.05, 3.63) is 94.5 Å². The Morgan fingerprint density at radius 2 is 1.61 bits per heavy atom. The molecule has 0 aromatic heterocycles. The van der Waals surface area contributed by atoms with Crippen LogP contribution in [0, 0.1) is 0 Å². The molecular weight excluding hydrogens is 462 g/mol. The number of carbonyl (C=O) groups excluding carboxylic acids is 2.